The lowest BCUT2D eigenvalue weighted by atomic mass is 10.0. The summed E-state index contributed by atoms with van der Waals surface area (Å²) in [6.07, 6.45) is 4.79. The molecule has 0 bridgehead atoms. The van der Waals surface area contributed by atoms with Crippen LogP contribution in [0.3, 0.4) is 0 Å². The van der Waals surface area contributed by atoms with E-state index in [0.29, 0.717) is 0 Å². The Morgan fingerprint density at radius 2 is 1.93 bits per heavy atom. The summed E-state index contributed by atoms with van der Waals surface area (Å²) in [5.74, 6) is 0. The molecule has 0 radical (unpaired) electrons. The maximum atomic E-state index is 11.1. The second-order valence-electron chi connectivity index (χ2n) is 4.17. The molecule has 15 heavy (non-hydrogen) atoms. The molecule has 0 unspecified atom stereocenters. The van der Waals surface area contributed by atoms with E-state index in [1.165, 1.54) is 19.3 Å². The molecule has 1 heterocycles. The highest BCUT2D eigenvalue weighted by Crippen LogP contribution is 2.25. The highest BCUT2D eigenvalue weighted by Gasteiger charge is 2.14. The fourth-order valence-electron chi connectivity index (χ4n) is 2.23. The van der Waals surface area contributed by atoms with Crippen molar-refractivity contribution in [3.8, 4) is 0 Å². The number of piperidine rings is 1. The zero-order valence-electron chi connectivity index (χ0n) is 9.20. The molecule has 0 amide bonds. The Morgan fingerprint density at radius 1 is 1.20 bits per heavy atom. The third kappa shape index (κ3) is 2.04. The van der Waals surface area contributed by atoms with Crippen LogP contribution in [0.25, 0.3) is 0 Å². The van der Waals surface area contributed by atoms with Gasteiger partial charge in [0.05, 0.1) is 0 Å². The summed E-state index contributed by atoms with van der Waals surface area (Å²) in [6.45, 7) is 4.17. The van der Waals surface area contributed by atoms with Crippen molar-refractivity contribution in [1.29, 1.82) is 0 Å². The van der Waals surface area contributed by atoms with E-state index in [9.17, 15) is 4.79 Å². The van der Waals surface area contributed by atoms with Crippen molar-refractivity contribution in [3.05, 3.63) is 29.3 Å². The molecule has 2 nitrogen and oxygen atoms in total. The third-order valence-electron chi connectivity index (χ3n) is 3.12. The average molecular weight is 203 g/mol. The number of nitrogens with zero attached hydrogens (tertiary/aromatic N) is 1. The Labute approximate surface area is 90.9 Å². The Bertz CT molecular complexity index is 354. The van der Waals surface area contributed by atoms with E-state index >= 15 is 0 Å². The molecular weight excluding hydrogens is 186 g/mol. The Kier molecular flexibility index (Phi) is 3.05. The number of carbonyl (C=O) groups is 1. The molecule has 1 saturated heterocycles. The van der Waals surface area contributed by atoms with Crippen molar-refractivity contribution in [1.82, 2.24) is 0 Å². The van der Waals surface area contributed by atoms with Gasteiger partial charge in [-0.1, -0.05) is 12.1 Å². The molecule has 0 aliphatic carbocycles. The van der Waals surface area contributed by atoms with Crippen LogP contribution in [0.15, 0.2) is 18.2 Å². The highest BCUT2D eigenvalue weighted by atomic mass is 16.1. The van der Waals surface area contributed by atoms with Gasteiger partial charge in [0.1, 0.15) is 0 Å². The van der Waals surface area contributed by atoms with Crippen LogP contribution in [0, 0.1) is 6.92 Å². The maximum absolute atomic E-state index is 11.1. The second-order valence-corrected chi connectivity index (χ2v) is 4.17. The van der Waals surface area contributed by atoms with Gasteiger partial charge in [-0.25, -0.2) is 0 Å². The molecule has 2 heteroatoms. The summed E-state index contributed by atoms with van der Waals surface area (Å²) < 4.78 is 0. The van der Waals surface area contributed by atoms with Gasteiger partial charge in [0, 0.05) is 24.3 Å². The highest BCUT2D eigenvalue weighted by molar-refractivity contribution is 5.86. The van der Waals surface area contributed by atoms with E-state index in [0.717, 1.165) is 36.2 Å². The lowest BCUT2D eigenvalue weighted by molar-refractivity contribution is 0.112. The van der Waals surface area contributed by atoms with Crippen LogP contribution in [-0.2, 0) is 0 Å². The van der Waals surface area contributed by atoms with Crippen LogP contribution >= 0.6 is 0 Å². The van der Waals surface area contributed by atoms with Crippen molar-refractivity contribution >= 4 is 12.0 Å². The molecule has 2 rings (SSSR count). The van der Waals surface area contributed by atoms with E-state index < -0.39 is 0 Å². The summed E-state index contributed by atoms with van der Waals surface area (Å²) in [5, 5.41) is 0. The molecule has 0 saturated carbocycles. The molecule has 0 N–H and O–H groups in total. The van der Waals surface area contributed by atoms with Gasteiger partial charge in [0.25, 0.3) is 0 Å². The van der Waals surface area contributed by atoms with Gasteiger partial charge in [0.2, 0.25) is 0 Å². The maximum Gasteiger partial charge on any atom is 0.152 e. The number of hydrogen-bond acceptors (Lipinski definition) is 2. The monoisotopic (exact) mass is 203 g/mol. The van der Waals surface area contributed by atoms with Crippen LogP contribution in [0.5, 0.6) is 0 Å². The fourth-order valence-corrected chi connectivity index (χ4v) is 2.23. The third-order valence-corrected chi connectivity index (χ3v) is 3.12. The predicted octanol–water partition coefficient (Wildman–Crippen LogP) is 2.80. The van der Waals surface area contributed by atoms with Crippen LogP contribution < -0.4 is 4.90 Å². The number of hydrogen-bond donors (Lipinski definition) is 0. The van der Waals surface area contributed by atoms with Crippen molar-refractivity contribution in [2.24, 2.45) is 0 Å². The van der Waals surface area contributed by atoms with Crippen molar-refractivity contribution in [3.63, 3.8) is 0 Å². The SMILES string of the molecule is Cc1cccc(N2CCCCC2)c1C=O. The van der Waals surface area contributed by atoms with Crippen molar-refractivity contribution < 1.29 is 4.79 Å². The summed E-state index contributed by atoms with van der Waals surface area (Å²) in [5.41, 5.74) is 3.05. The number of carbonyl (C=O) groups excluding carboxylic acids is 1. The predicted molar refractivity (Wildman–Crippen MR) is 62.6 cm³/mol. The summed E-state index contributed by atoms with van der Waals surface area (Å²) in [6, 6.07) is 6.09. The van der Waals surface area contributed by atoms with E-state index in [2.05, 4.69) is 11.0 Å². The lowest BCUT2D eigenvalue weighted by Crippen LogP contribution is -2.30. The first-order valence-electron chi connectivity index (χ1n) is 5.62. The minimum absolute atomic E-state index is 0.861. The van der Waals surface area contributed by atoms with Gasteiger partial charge in [-0.3, -0.25) is 4.79 Å². The summed E-state index contributed by atoms with van der Waals surface area (Å²) >= 11 is 0. The fraction of sp³-hybridized carbons (Fsp3) is 0.462. The van der Waals surface area contributed by atoms with Gasteiger partial charge in [0.15, 0.2) is 6.29 Å². The Balaban J connectivity index is 2.33. The molecule has 1 aliphatic rings. The Hall–Kier alpha value is -1.31. The molecule has 1 aliphatic heterocycles. The molecule has 0 atom stereocenters. The van der Waals surface area contributed by atoms with Gasteiger partial charge >= 0.3 is 0 Å². The van der Waals surface area contributed by atoms with E-state index in [1.807, 2.05) is 19.1 Å². The minimum Gasteiger partial charge on any atom is -0.371 e. The lowest BCUT2D eigenvalue weighted by Gasteiger charge is -2.30. The molecule has 0 aromatic heterocycles. The first-order valence-corrected chi connectivity index (χ1v) is 5.62. The zero-order chi connectivity index (χ0) is 10.7. The molecule has 1 fully saturated rings. The number of aldehydes is 1. The minimum atomic E-state index is 0.861. The second kappa shape index (κ2) is 4.47. The average Bonchev–Trinajstić information content (AvgIpc) is 2.30. The van der Waals surface area contributed by atoms with Crippen molar-refractivity contribution in [2.45, 2.75) is 26.2 Å². The van der Waals surface area contributed by atoms with Gasteiger partial charge < -0.3 is 4.90 Å². The molecule has 1 aromatic carbocycles. The number of rotatable bonds is 2. The van der Waals surface area contributed by atoms with Crippen molar-refractivity contribution in [2.75, 3.05) is 18.0 Å². The molecular formula is C13H17NO. The largest absolute Gasteiger partial charge is 0.371 e. The quantitative estimate of drug-likeness (QED) is 0.689. The molecule has 80 valence electrons. The summed E-state index contributed by atoms with van der Waals surface area (Å²) in [7, 11) is 0. The number of aryl methyl sites for hydroxylation is 1. The molecule has 1 aromatic rings. The standard InChI is InChI=1S/C13H17NO/c1-11-6-5-7-13(12(11)10-15)14-8-3-2-4-9-14/h5-7,10H,2-4,8-9H2,1H3. The number of anilines is 1. The zero-order valence-corrected chi connectivity index (χ0v) is 9.20. The van der Waals surface area contributed by atoms with E-state index in [1.54, 1.807) is 0 Å². The first-order chi connectivity index (χ1) is 7.33. The van der Waals surface area contributed by atoms with Gasteiger partial charge in [-0.2, -0.15) is 0 Å². The van der Waals surface area contributed by atoms with Gasteiger partial charge in [-0.05, 0) is 37.8 Å². The topological polar surface area (TPSA) is 20.3 Å². The molecule has 0 spiro atoms. The first kappa shape index (κ1) is 10.2. The smallest absolute Gasteiger partial charge is 0.152 e. The van der Waals surface area contributed by atoms with E-state index in [-0.39, 0.29) is 0 Å². The van der Waals surface area contributed by atoms with Crippen LogP contribution in [0.1, 0.15) is 35.2 Å². The number of benzene rings is 1. The summed E-state index contributed by atoms with van der Waals surface area (Å²) in [4.78, 5) is 13.4. The van der Waals surface area contributed by atoms with E-state index in [4.69, 9.17) is 0 Å². The van der Waals surface area contributed by atoms with Crippen LogP contribution in [-0.4, -0.2) is 19.4 Å². The normalized spacial score (nSPS) is 16.5. The Morgan fingerprint density at radius 3 is 2.60 bits per heavy atom. The van der Waals surface area contributed by atoms with Crippen LogP contribution in [0.4, 0.5) is 5.69 Å². The van der Waals surface area contributed by atoms with Crippen LogP contribution in [0.2, 0.25) is 0 Å². The van der Waals surface area contributed by atoms with Gasteiger partial charge in [-0.15, -0.1) is 0 Å².